The monoisotopic (exact) mass is 229 g/mol. The number of hydrogen-bond donors (Lipinski definition) is 1. The molecule has 0 atom stereocenters. The van der Waals surface area contributed by atoms with E-state index in [2.05, 4.69) is 37.1 Å². The summed E-state index contributed by atoms with van der Waals surface area (Å²) in [7, 11) is 2.02. The molecule has 3 nitrogen and oxygen atoms in total. The minimum atomic E-state index is -0.0520. The van der Waals surface area contributed by atoms with Crippen LogP contribution in [-0.4, -0.2) is 15.3 Å². The van der Waals surface area contributed by atoms with Gasteiger partial charge in [-0.1, -0.05) is 32.0 Å². The van der Waals surface area contributed by atoms with Gasteiger partial charge < -0.3 is 5.73 Å². The number of rotatable bonds is 2. The van der Waals surface area contributed by atoms with E-state index in [1.165, 1.54) is 11.1 Å². The maximum atomic E-state index is 6.43. The molecule has 1 saturated carbocycles. The molecule has 1 fully saturated rings. The van der Waals surface area contributed by atoms with Crippen molar-refractivity contribution in [2.75, 3.05) is 0 Å². The molecule has 0 aliphatic heterocycles. The van der Waals surface area contributed by atoms with E-state index >= 15 is 0 Å². The van der Waals surface area contributed by atoms with Crippen molar-refractivity contribution in [1.29, 1.82) is 0 Å². The summed E-state index contributed by atoms with van der Waals surface area (Å²) in [5, 5.41) is 5.81. The van der Waals surface area contributed by atoms with Gasteiger partial charge >= 0.3 is 0 Å². The second-order valence-corrected chi connectivity index (χ2v) is 5.77. The number of nitrogens with zero attached hydrogens (tertiary/aromatic N) is 2. The Kier molecular flexibility index (Phi) is 1.97. The summed E-state index contributed by atoms with van der Waals surface area (Å²) < 4.78 is 2.00. The predicted octanol–water partition coefficient (Wildman–Crippen LogP) is 2.34. The third kappa shape index (κ3) is 1.35. The molecule has 1 heterocycles. The van der Waals surface area contributed by atoms with Gasteiger partial charge in [0.05, 0.1) is 11.2 Å². The first kappa shape index (κ1) is 10.8. The van der Waals surface area contributed by atoms with Gasteiger partial charge in [0.2, 0.25) is 0 Å². The summed E-state index contributed by atoms with van der Waals surface area (Å²) in [6.07, 6.45) is 2.22. The molecule has 0 amide bonds. The highest BCUT2D eigenvalue weighted by atomic mass is 15.3. The third-order valence-electron chi connectivity index (χ3n) is 4.37. The lowest BCUT2D eigenvalue weighted by Crippen LogP contribution is -2.44. The van der Waals surface area contributed by atoms with Gasteiger partial charge in [0.25, 0.3) is 0 Å². The standard InChI is InChI=1S/C14H19N3/c1-13(2,14(15)8-9-14)12-10-6-4-5-7-11(10)16-17(12)3/h4-7H,8-9,15H2,1-3H3. The fraction of sp³-hybridized carbons (Fsp3) is 0.500. The highest BCUT2D eigenvalue weighted by Gasteiger charge is 2.53. The maximum absolute atomic E-state index is 6.43. The Hall–Kier alpha value is -1.35. The van der Waals surface area contributed by atoms with E-state index in [9.17, 15) is 0 Å². The molecule has 1 aromatic heterocycles. The van der Waals surface area contributed by atoms with E-state index < -0.39 is 0 Å². The van der Waals surface area contributed by atoms with E-state index in [4.69, 9.17) is 5.73 Å². The number of benzene rings is 1. The van der Waals surface area contributed by atoms with Gasteiger partial charge in [0.15, 0.2) is 0 Å². The Morgan fingerprint density at radius 3 is 2.59 bits per heavy atom. The molecule has 0 saturated heterocycles. The van der Waals surface area contributed by atoms with Crippen molar-refractivity contribution in [3.05, 3.63) is 30.0 Å². The first-order chi connectivity index (χ1) is 7.96. The van der Waals surface area contributed by atoms with E-state index in [-0.39, 0.29) is 11.0 Å². The van der Waals surface area contributed by atoms with Crippen molar-refractivity contribution in [2.24, 2.45) is 12.8 Å². The van der Waals surface area contributed by atoms with Gasteiger partial charge in [-0.2, -0.15) is 5.10 Å². The molecule has 2 N–H and O–H groups in total. The third-order valence-corrected chi connectivity index (χ3v) is 4.37. The van der Waals surface area contributed by atoms with Gasteiger partial charge in [-0.3, -0.25) is 4.68 Å². The summed E-state index contributed by atoms with van der Waals surface area (Å²) in [4.78, 5) is 0. The molecule has 1 aliphatic carbocycles. The Morgan fingerprint density at radius 2 is 1.94 bits per heavy atom. The summed E-state index contributed by atoms with van der Waals surface area (Å²) in [5.41, 5.74) is 8.67. The average molecular weight is 229 g/mol. The molecule has 90 valence electrons. The Balaban J connectivity index is 2.26. The molecular formula is C14H19N3. The lowest BCUT2D eigenvalue weighted by atomic mass is 9.78. The fourth-order valence-corrected chi connectivity index (χ4v) is 2.88. The highest BCUT2D eigenvalue weighted by Crippen LogP contribution is 2.50. The van der Waals surface area contributed by atoms with E-state index in [1.807, 2.05) is 17.8 Å². The van der Waals surface area contributed by atoms with E-state index in [0.717, 1.165) is 18.4 Å². The lowest BCUT2D eigenvalue weighted by Gasteiger charge is -2.32. The number of fused-ring (bicyclic) bond motifs is 1. The second-order valence-electron chi connectivity index (χ2n) is 5.77. The molecule has 3 heteroatoms. The molecule has 0 unspecified atom stereocenters. The van der Waals surface area contributed by atoms with Crippen LogP contribution in [0.15, 0.2) is 24.3 Å². The largest absolute Gasteiger partial charge is 0.324 e. The molecule has 2 aromatic rings. The Bertz CT molecular complexity index is 576. The molecule has 3 rings (SSSR count). The summed E-state index contributed by atoms with van der Waals surface area (Å²) in [5.74, 6) is 0. The molecule has 0 radical (unpaired) electrons. The second kappa shape index (κ2) is 3.10. The van der Waals surface area contributed by atoms with Gasteiger partial charge in [-0.15, -0.1) is 0 Å². The van der Waals surface area contributed by atoms with Crippen LogP contribution in [0.25, 0.3) is 10.9 Å². The van der Waals surface area contributed by atoms with Gasteiger partial charge in [-0.05, 0) is 18.9 Å². The van der Waals surface area contributed by atoms with Crippen molar-refractivity contribution >= 4 is 10.9 Å². The van der Waals surface area contributed by atoms with Crippen molar-refractivity contribution in [2.45, 2.75) is 37.6 Å². The van der Waals surface area contributed by atoms with Crippen molar-refractivity contribution in [3.63, 3.8) is 0 Å². The molecule has 1 aromatic carbocycles. The van der Waals surface area contributed by atoms with Crippen LogP contribution in [-0.2, 0) is 12.5 Å². The minimum Gasteiger partial charge on any atom is -0.324 e. The number of nitrogens with two attached hydrogens (primary N) is 1. The highest BCUT2D eigenvalue weighted by molar-refractivity contribution is 5.82. The van der Waals surface area contributed by atoms with Gasteiger partial charge in [0, 0.05) is 23.4 Å². The maximum Gasteiger partial charge on any atom is 0.0926 e. The first-order valence-electron chi connectivity index (χ1n) is 6.17. The van der Waals surface area contributed by atoms with Gasteiger partial charge in [-0.25, -0.2) is 0 Å². The molecule has 0 bridgehead atoms. The number of hydrogen-bond acceptors (Lipinski definition) is 2. The van der Waals surface area contributed by atoms with Crippen LogP contribution in [0.4, 0.5) is 0 Å². The van der Waals surface area contributed by atoms with E-state index in [1.54, 1.807) is 0 Å². The smallest absolute Gasteiger partial charge is 0.0926 e. The lowest BCUT2D eigenvalue weighted by molar-refractivity contribution is 0.368. The van der Waals surface area contributed by atoms with Crippen LogP contribution in [0.5, 0.6) is 0 Å². The molecule has 17 heavy (non-hydrogen) atoms. The zero-order chi connectivity index (χ0) is 12.3. The van der Waals surface area contributed by atoms with Crippen LogP contribution in [0.3, 0.4) is 0 Å². The van der Waals surface area contributed by atoms with Crippen LogP contribution in [0, 0.1) is 0 Å². The first-order valence-corrected chi connectivity index (χ1v) is 6.17. The Labute approximate surface area is 102 Å². The molecular weight excluding hydrogens is 210 g/mol. The topological polar surface area (TPSA) is 43.8 Å². The van der Waals surface area contributed by atoms with Crippen molar-refractivity contribution < 1.29 is 0 Å². The summed E-state index contributed by atoms with van der Waals surface area (Å²) in [6, 6.07) is 8.30. The quantitative estimate of drug-likeness (QED) is 0.859. The number of aromatic nitrogens is 2. The summed E-state index contributed by atoms with van der Waals surface area (Å²) >= 11 is 0. The Morgan fingerprint density at radius 1 is 1.29 bits per heavy atom. The van der Waals surface area contributed by atoms with Crippen LogP contribution >= 0.6 is 0 Å². The van der Waals surface area contributed by atoms with Crippen LogP contribution in [0.1, 0.15) is 32.4 Å². The zero-order valence-electron chi connectivity index (χ0n) is 10.7. The molecule has 0 spiro atoms. The number of aryl methyl sites for hydroxylation is 1. The van der Waals surface area contributed by atoms with Gasteiger partial charge in [0.1, 0.15) is 0 Å². The summed E-state index contributed by atoms with van der Waals surface area (Å²) in [6.45, 7) is 4.48. The van der Waals surface area contributed by atoms with Crippen molar-refractivity contribution in [1.82, 2.24) is 9.78 Å². The van der Waals surface area contributed by atoms with Crippen LogP contribution in [0.2, 0.25) is 0 Å². The zero-order valence-corrected chi connectivity index (χ0v) is 10.7. The fourth-order valence-electron chi connectivity index (χ4n) is 2.88. The average Bonchev–Trinajstić information content (AvgIpc) is 2.93. The van der Waals surface area contributed by atoms with Crippen LogP contribution < -0.4 is 5.73 Å². The molecule has 1 aliphatic rings. The normalized spacial score (nSPS) is 18.6. The SMILES string of the molecule is Cn1nc2ccccc2c1C(C)(C)C1(N)CC1. The predicted molar refractivity (Wildman–Crippen MR) is 69.9 cm³/mol. The van der Waals surface area contributed by atoms with Crippen molar-refractivity contribution in [3.8, 4) is 0 Å². The minimum absolute atomic E-state index is 0.0299. The van der Waals surface area contributed by atoms with E-state index in [0.29, 0.717) is 0 Å².